The Kier molecular flexibility index (Phi) is 6.30. The number of aromatic nitrogens is 3. The summed E-state index contributed by atoms with van der Waals surface area (Å²) in [6.07, 6.45) is 1.77. The zero-order valence-electron chi connectivity index (χ0n) is 12.0. The molecule has 3 rings (SSSR count). The lowest BCUT2D eigenvalue weighted by atomic mass is 10.3. The van der Waals surface area contributed by atoms with Gasteiger partial charge in [-0.1, -0.05) is 45.9 Å². The first kappa shape index (κ1) is 14.9. The van der Waals surface area contributed by atoms with Crippen LogP contribution in [0.1, 0.15) is 27.7 Å². The van der Waals surface area contributed by atoms with Gasteiger partial charge in [-0.15, -0.1) is 0 Å². The molecule has 0 aliphatic rings. The van der Waals surface area contributed by atoms with Crippen molar-refractivity contribution in [1.82, 2.24) is 15.0 Å². The molecule has 0 saturated heterocycles. The third-order valence-electron chi connectivity index (χ3n) is 2.30. The Balaban J connectivity index is 0.000000415. The maximum atomic E-state index is 4.46. The summed E-state index contributed by atoms with van der Waals surface area (Å²) in [6.45, 7) is 8.00. The van der Waals surface area contributed by atoms with E-state index < -0.39 is 0 Å². The van der Waals surface area contributed by atoms with Gasteiger partial charge < -0.3 is 4.98 Å². The molecule has 3 nitrogen and oxygen atoms in total. The van der Waals surface area contributed by atoms with E-state index in [9.17, 15) is 0 Å². The predicted octanol–water partition coefficient (Wildman–Crippen LogP) is 4.68. The van der Waals surface area contributed by atoms with Crippen LogP contribution >= 0.6 is 0 Å². The smallest absolute Gasteiger partial charge is 0.157 e. The van der Waals surface area contributed by atoms with Crippen molar-refractivity contribution in [3.8, 4) is 11.5 Å². The lowest BCUT2D eigenvalue weighted by molar-refractivity contribution is 1.24. The van der Waals surface area contributed by atoms with Gasteiger partial charge in [0.05, 0.1) is 11.0 Å². The minimum absolute atomic E-state index is 0.816. The number of fused-ring (bicyclic) bond motifs is 1. The fourth-order valence-electron chi connectivity index (χ4n) is 1.58. The van der Waals surface area contributed by atoms with Crippen LogP contribution in [0.4, 0.5) is 0 Å². The summed E-state index contributed by atoms with van der Waals surface area (Å²) < 4.78 is 0. The predicted molar refractivity (Wildman–Crippen MR) is 82.0 cm³/mol. The van der Waals surface area contributed by atoms with Crippen molar-refractivity contribution in [3.63, 3.8) is 0 Å². The van der Waals surface area contributed by atoms with E-state index in [-0.39, 0.29) is 0 Å². The van der Waals surface area contributed by atoms with E-state index in [0.717, 1.165) is 22.6 Å². The molecule has 0 spiro atoms. The third kappa shape index (κ3) is 3.65. The number of imidazole rings is 1. The molecule has 0 unspecified atom stereocenters. The normalized spacial score (nSPS) is 9.05. The standard InChI is InChI=1S/C12H9N3.2C2H6/c1-2-6-10-9(5-1)14-12(15-10)11-7-3-4-8-13-11;2*1-2/h1-8H,(H,14,15);2*1-2H3. The Bertz CT molecular complexity index is 552. The topological polar surface area (TPSA) is 41.6 Å². The number of hydrogen-bond donors (Lipinski definition) is 1. The summed E-state index contributed by atoms with van der Waals surface area (Å²) in [7, 11) is 0. The molecule has 0 radical (unpaired) electrons. The molecule has 1 N–H and O–H groups in total. The fourth-order valence-corrected chi connectivity index (χ4v) is 1.58. The number of H-pyrrole nitrogens is 1. The summed E-state index contributed by atoms with van der Waals surface area (Å²) in [5.41, 5.74) is 2.88. The zero-order chi connectivity index (χ0) is 14.1. The second-order valence-electron chi connectivity index (χ2n) is 3.32. The Labute approximate surface area is 114 Å². The number of rotatable bonds is 1. The maximum Gasteiger partial charge on any atom is 0.157 e. The van der Waals surface area contributed by atoms with Gasteiger partial charge in [-0.25, -0.2) is 4.98 Å². The molecule has 2 aromatic heterocycles. The monoisotopic (exact) mass is 255 g/mol. The average molecular weight is 255 g/mol. The van der Waals surface area contributed by atoms with Crippen LogP contribution in [0.15, 0.2) is 48.7 Å². The van der Waals surface area contributed by atoms with Crippen LogP contribution in [0.2, 0.25) is 0 Å². The molecule has 100 valence electrons. The van der Waals surface area contributed by atoms with Crippen LogP contribution < -0.4 is 0 Å². The van der Waals surface area contributed by atoms with Crippen molar-refractivity contribution in [2.75, 3.05) is 0 Å². The van der Waals surface area contributed by atoms with E-state index >= 15 is 0 Å². The second-order valence-corrected chi connectivity index (χ2v) is 3.32. The summed E-state index contributed by atoms with van der Waals surface area (Å²) in [5, 5.41) is 0. The van der Waals surface area contributed by atoms with E-state index in [2.05, 4.69) is 15.0 Å². The molecule has 0 aliphatic carbocycles. The molecule has 19 heavy (non-hydrogen) atoms. The van der Waals surface area contributed by atoms with Crippen LogP contribution in [0.3, 0.4) is 0 Å². The summed E-state index contributed by atoms with van der Waals surface area (Å²) in [4.78, 5) is 12.0. The Morgan fingerprint density at radius 3 is 2.16 bits per heavy atom. The van der Waals surface area contributed by atoms with Crippen molar-refractivity contribution in [2.45, 2.75) is 27.7 Å². The van der Waals surface area contributed by atoms with Gasteiger partial charge in [0, 0.05) is 6.20 Å². The van der Waals surface area contributed by atoms with Crippen LogP contribution in [0, 0.1) is 0 Å². The number of nitrogens with one attached hydrogen (secondary N) is 1. The van der Waals surface area contributed by atoms with Gasteiger partial charge in [0.1, 0.15) is 5.69 Å². The number of benzene rings is 1. The molecule has 0 amide bonds. The molecular formula is C16H21N3. The van der Waals surface area contributed by atoms with E-state index in [1.54, 1.807) is 6.20 Å². The van der Waals surface area contributed by atoms with Crippen LogP contribution in [0.25, 0.3) is 22.6 Å². The molecule has 0 fully saturated rings. The Morgan fingerprint density at radius 2 is 1.53 bits per heavy atom. The molecule has 0 bridgehead atoms. The minimum atomic E-state index is 0.816. The lowest BCUT2D eigenvalue weighted by Gasteiger charge is -1.92. The molecule has 0 aliphatic heterocycles. The number of pyridine rings is 1. The van der Waals surface area contributed by atoms with E-state index in [4.69, 9.17) is 0 Å². The highest BCUT2D eigenvalue weighted by atomic mass is 14.9. The Hall–Kier alpha value is -2.16. The SMILES string of the molecule is CC.CC.c1ccc(-c2nc3ccccc3[nH]2)nc1. The highest BCUT2D eigenvalue weighted by Gasteiger charge is 2.04. The third-order valence-corrected chi connectivity index (χ3v) is 2.30. The van der Waals surface area contributed by atoms with Crippen molar-refractivity contribution >= 4 is 11.0 Å². The number of para-hydroxylation sites is 2. The van der Waals surface area contributed by atoms with Crippen LogP contribution in [-0.4, -0.2) is 15.0 Å². The number of nitrogens with zero attached hydrogens (tertiary/aromatic N) is 2. The molecule has 0 saturated carbocycles. The van der Waals surface area contributed by atoms with Gasteiger partial charge in [-0.05, 0) is 24.3 Å². The first-order chi connectivity index (χ1) is 9.43. The van der Waals surface area contributed by atoms with E-state index in [1.807, 2.05) is 70.2 Å². The van der Waals surface area contributed by atoms with Gasteiger partial charge in [0.15, 0.2) is 5.82 Å². The summed E-state index contributed by atoms with van der Waals surface area (Å²) in [5.74, 6) is 0.816. The van der Waals surface area contributed by atoms with E-state index in [1.165, 1.54) is 0 Å². The van der Waals surface area contributed by atoms with Crippen molar-refractivity contribution < 1.29 is 0 Å². The van der Waals surface area contributed by atoms with Crippen molar-refractivity contribution in [1.29, 1.82) is 0 Å². The van der Waals surface area contributed by atoms with Crippen molar-refractivity contribution in [2.24, 2.45) is 0 Å². The summed E-state index contributed by atoms with van der Waals surface area (Å²) in [6, 6.07) is 13.8. The van der Waals surface area contributed by atoms with E-state index in [0.29, 0.717) is 0 Å². The van der Waals surface area contributed by atoms with Gasteiger partial charge in [-0.3, -0.25) is 4.98 Å². The van der Waals surface area contributed by atoms with Gasteiger partial charge in [-0.2, -0.15) is 0 Å². The first-order valence-electron chi connectivity index (χ1n) is 6.80. The van der Waals surface area contributed by atoms with Crippen LogP contribution in [0.5, 0.6) is 0 Å². The highest BCUT2D eigenvalue weighted by molar-refractivity contribution is 5.78. The largest absolute Gasteiger partial charge is 0.337 e. The first-order valence-corrected chi connectivity index (χ1v) is 6.80. The van der Waals surface area contributed by atoms with Gasteiger partial charge in [0.25, 0.3) is 0 Å². The van der Waals surface area contributed by atoms with Crippen molar-refractivity contribution in [3.05, 3.63) is 48.7 Å². The number of aromatic amines is 1. The maximum absolute atomic E-state index is 4.46. The second kappa shape index (κ2) is 8.03. The molecule has 3 aromatic rings. The summed E-state index contributed by atoms with van der Waals surface area (Å²) >= 11 is 0. The zero-order valence-corrected chi connectivity index (χ0v) is 12.0. The molecule has 2 heterocycles. The van der Waals surface area contributed by atoms with Crippen LogP contribution in [-0.2, 0) is 0 Å². The average Bonchev–Trinajstić information content (AvgIpc) is 2.96. The number of hydrogen-bond acceptors (Lipinski definition) is 2. The molecular weight excluding hydrogens is 234 g/mol. The van der Waals surface area contributed by atoms with Gasteiger partial charge in [0.2, 0.25) is 0 Å². The fraction of sp³-hybridized carbons (Fsp3) is 0.250. The Morgan fingerprint density at radius 1 is 0.842 bits per heavy atom. The molecule has 0 atom stereocenters. The molecule has 1 aromatic carbocycles. The quantitative estimate of drug-likeness (QED) is 0.686. The minimum Gasteiger partial charge on any atom is -0.337 e. The molecule has 3 heteroatoms. The van der Waals surface area contributed by atoms with Gasteiger partial charge >= 0.3 is 0 Å². The lowest BCUT2D eigenvalue weighted by Crippen LogP contribution is -1.82. The highest BCUT2D eigenvalue weighted by Crippen LogP contribution is 2.17.